The Morgan fingerprint density at radius 1 is 1.21 bits per heavy atom. The normalized spacial score (nSPS) is 15.8. The van der Waals surface area contributed by atoms with Gasteiger partial charge in [0.25, 0.3) is 5.56 Å². The lowest BCUT2D eigenvalue weighted by molar-refractivity contribution is -0.139. The number of carbonyl (C=O) groups is 1. The zero-order valence-corrected chi connectivity index (χ0v) is 19.6. The number of benzene rings is 2. The van der Waals surface area contributed by atoms with E-state index in [1.54, 1.807) is 38.1 Å². The van der Waals surface area contributed by atoms with Crippen LogP contribution in [0.15, 0.2) is 69.6 Å². The van der Waals surface area contributed by atoms with E-state index < -0.39 is 17.8 Å². The zero-order chi connectivity index (χ0) is 23.7. The highest BCUT2D eigenvalue weighted by molar-refractivity contribution is 7.07. The molecule has 6 nitrogen and oxygen atoms in total. The van der Waals surface area contributed by atoms with E-state index in [-0.39, 0.29) is 23.3 Å². The van der Waals surface area contributed by atoms with Crippen LogP contribution in [-0.2, 0) is 9.53 Å². The number of ether oxygens (including phenoxy) is 1. The number of halogens is 1. The first-order chi connectivity index (χ1) is 15.8. The summed E-state index contributed by atoms with van der Waals surface area (Å²) in [6.07, 6.45) is 1.78. The van der Waals surface area contributed by atoms with Gasteiger partial charge in [-0.3, -0.25) is 9.36 Å². The molecule has 1 aliphatic rings. The Morgan fingerprint density at radius 2 is 1.91 bits per heavy atom. The van der Waals surface area contributed by atoms with Crippen molar-refractivity contribution in [2.75, 3.05) is 25.6 Å². The summed E-state index contributed by atoms with van der Waals surface area (Å²) in [4.78, 5) is 33.2. The van der Waals surface area contributed by atoms with Crippen LogP contribution in [0.4, 0.5) is 10.1 Å². The molecule has 0 spiro atoms. The maximum Gasteiger partial charge on any atom is 0.338 e. The number of hydrogen-bond donors (Lipinski definition) is 0. The summed E-state index contributed by atoms with van der Waals surface area (Å²) in [5.74, 6) is -1.12. The average molecular weight is 466 g/mol. The summed E-state index contributed by atoms with van der Waals surface area (Å²) >= 11 is 1.21. The molecule has 33 heavy (non-hydrogen) atoms. The van der Waals surface area contributed by atoms with Crippen molar-refractivity contribution < 1.29 is 13.9 Å². The van der Waals surface area contributed by atoms with Gasteiger partial charge in [-0.25, -0.2) is 14.2 Å². The van der Waals surface area contributed by atoms with Crippen molar-refractivity contribution >= 4 is 29.1 Å². The quantitative estimate of drug-likeness (QED) is 0.544. The zero-order valence-electron chi connectivity index (χ0n) is 18.8. The fourth-order valence-electron chi connectivity index (χ4n) is 3.80. The summed E-state index contributed by atoms with van der Waals surface area (Å²) in [6.45, 7) is 3.53. The SMILES string of the molecule is CCOC(=O)C1=C(C)N=c2s/c(=C/c3ccc(N(C)C)cc3)c(=O)n2[C@H]1c1ccccc1F. The summed E-state index contributed by atoms with van der Waals surface area (Å²) in [5, 5.41) is 0. The number of aromatic nitrogens is 1. The fourth-order valence-corrected chi connectivity index (χ4v) is 4.85. The van der Waals surface area contributed by atoms with Crippen molar-refractivity contribution in [2.45, 2.75) is 19.9 Å². The van der Waals surface area contributed by atoms with Crippen molar-refractivity contribution in [3.05, 3.63) is 96.4 Å². The van der Waals surface area contributed by atoms with Crippen molar-refractivity contribution in [1.82, 2.24) is 4.57 Å². The minimum atomic E-state index is -0.959. The Hall–Kier alpha value is -3.52. The van der Waals surface area contributed by atoms with E-state index in [0.29, 0.717) is 15.0 Å². The maximum absolute atomic E-state index is 14.9. The second-order valence-electron chi connectivity index (χ2n) is 7.81. The first-order valence-corrected chi connectivity index (χ1v) is 11.3. The number of rotatable bonds is 5. The molecule has 4 rings (SSSR count). The van der Waals surface area contributed by atoms with E-state index in [9.17, 15) is 14.0 Å². The Bertz CT molecular complexity index is 1420. The first-order valence-electron chi connectivity index (χ1n) is 10.5. The molecular weight excluding hydrogens is 441 g/mol. The third-order valence-electron chi connectivity index (χ3n) is 5.42. The molecule has 0 N–H and O–H groups in total. The Labute approximate surface area is 194 Å². The van der Waals surface area contributed by atoms with Gasteiger partial charge < -0.3 is 9.64 Å². The second-order valence-corrected chi connectivity index (χ2v) is 8.82. The average Bonchev–Trinajstić information content (AvgIpc) is 3.08. The van der Waals surface area contributed by atoms with Crippen molar-refractivity contribution in [3.63, 3.8) is 0 Å². The number of esters is 1. The molecule has 0 amide bonds. The third kappa shape index (κ3) is 4.26. The van der Waals surface area contributed by atoms with Crippen LogP contribution in [0.1, 0.15) is 31.0 Å². The number of nitrogens with zero attached hydrogens (tertiary/aromatic N) is 3. The standard InChI is InChI=1S/C25H24FN3O3S/c1-5-32-24(31)21-15(2)27-25-29(22(21)18-8-6-7-9-19(18)26)23(30)20(33-25)14-16-10-12-17(13-11-16)28(3)4/h6-14,22H,5H2,1-4H3/b20-14+/t22-/m0/s1. The van der Waals surface area contributed by atoms with Gasteiger partial charge in [0, 0.05) is 25.3 Å². The molecule has 0 aliphatic carbocycles. The summed E-state index contributed by atoms with van der Waals surface area (Å²) < 4.78 is 21.9. The lowest BCUT2D eigenvalue weighted by atomic mass is 9.95. The monoisotopic (exact) mass is 465 g/mol. The van der Waals surface area contributed by atoms with Crippen LogP contribution >= 0.6 is 11.3 Å². The molecule has 170 valence electrons. The highest BCUT2D eigenvalue weighted by atomic mass is 32.1. The van der Waals surface area contributed by atoms with E-state index in [4.69, 9.17) is 4.74 Å². The van der Waals surface area contributed by atoms with Gasteiger partial charge >= 0.3 is 5.97 Å². The van der Waals surface area contributed by atoms with Crippen molar-refractivity contribution in [3.8, 4) is 0 Å². The Kier molecular flexibility index (Phi) is 6.29. The van der Waals surface area contributed by atoms with Crippen LogP contribution in [0.5, 0.6) is 0 Å². The number of anilines is 1. The predicted molar refractivity (Wildman–Crippen MR) is 128 cm³/mol. The van der Waals surface area contributed by atoms with Crippen LogP contribution in [0, 0.1) is 5.82 Å². The maximum atomic E-state index is 14.9. The Morgan fingerprint density at radius 3 is 2.55 bits per heavy atom. The number of carbonyl (C=O) groups excluding carboxylic acids is 1. The number of hydrogen-bond acceptors (Lipinski definition) is 6. The molecule has 0 radical (unpaired) electrons. The summed E-state index contributed by atoms with van der Waals surface area (Å²) in [7, 11) is 3.92. The van der Waals surface area contributed by atoms with Crippen LogP contribution in [0.3, 0.4) is 0 Å². The molecule has 0 saturated heterocycles. The Balaban J connectivity index is 1.92. The summed E-state index contributed by atoms with van der Waals surface area (Å²) in [5.41, 5.74) is 2.36. The van der Waals surface area contributed by atoms with E-state index >= 15 is 0 Å². The highest BCUT2D eigenvalue weighted by Crippen LogP contribution is 2.32. The van der Waals surface area contributed by atoms with Gasteiger partial charge in [0.2, 0.25) is 0 Å². The van der Waals surface area contributed by atoms with Gasteiger partial charge in [-0.2, -0.15) is 0 Å². The molecule has 1 aliphatic heterocycles. The van der Waals surface area contributed by atoms with Gasteiger partial charge in [-0.05, 0) is 43.7 Å². The van der Waals surface area contributed by atoms with E-state index in [1.807, 2.05) is 43.3 Å². The number of allylic oxidation sites excluding steroid dienone is 1. The van der Waals surface area contributed by atoms with E-state index in [0.717, 1.165) is 11.3 Å². The number of thiazole rings is 1. The van der Waals surface area contributed by atoms with Crippen LogP contribution in [0.25, 0.3) is 6.08 Å². The molecule has 8 heteroatoms. The molecule has 1 aromatic heterocycles. The van der Waals surface area contributed by atoms with Gasteiger partial charge in [-0.1, -0.05) is 41.7 Å². The van der Waals surface area contributed by atoms with Crippen molar-refractivity contribution in [2.24, 2.45) is 4.99 Å². The topological polar surface area (TPSA) is 63.9 Å². The van der Waals surface area contributed by atoms with Gasteiger partial charge in [0.1, 0.15) is 11.9 Å². The molecule has 0 unspecified atom stereocenters. The first kappa shape index (κ1) is 22.7. The van der Waals surface area contributed by atoms with Gasteiger partial charge in [0.15, 0.2) is 4.80 Å². The molecular formula is C25H24FN3O3S. The lowest BCUT2D eigenvalue weighted by Crippen LogP contribution is -2.40. The molecule has 0 saturated carbocycles. The molecule has 2 aromatic carbocycles. The second kappa shape index (κ2) is 9.15. The minimum Gasteiger partial charge on any atom is -0.463 e. The van der Waals surface area contributed by atoms with Gasteiger partial charge in [0.05, 0.1) is 22.4 Å². The molecule has 0 bridgehead atoms. The third-order valence-corrected chi connectivity index (χ3v) is 6.41. The predicted octanol–water partition coefficient (Wildman–Crippen LogP) is 3.00. The largest absolute Gasteiger partial charge is 0.463 e. The smallest absolute Gasteiger partial charge is 0.338 e. The molecule has 0 fully saturated rings. The fraction of sp³-hybridized carbons (Fsp3) is 0.240. The van der Waals surface area contributed by atoms with Crippen LogP contribution in [-0.4, -0.2) is 31.2 Å². The molecule has 3 aromatic rings. The highest BCUT2D eigenvalue weighted by Gasteiger charge is 2.34. The lowest BCUT2D eigenvalue weighted by Gasteiger charge is -2.24. The van der Waals surface area contributed by atoms with Crippen molar-refractivity contribution in [1.29, 1.82) is 0 Å². The molecule has 1 atom stereocenters. The van der Waals surface area contributed by atoms with E-state index in [2.05, 4.69) is 4.99 Å². The molecule has 2 heterocycles. The van der Waals surface area contributed by atoms with Gasteiger partial charge in [-0.15, -0.1) is 0 Å². The minimum absolute atomic E-state index is 0.160. The number of fused-ring (bicyclic) bond motifs is 1. The summed E-state index contributed by atoms with van der Waals surface area (Å²) in [6, 6.07) is 13.0. The van der Waals surface area contributed by atoms with Crippen LogP contribution < -0.4 is 19.8 Å². The van der Waals surface area contributed by atoms with Crippen LogP contribution in [0.2, 0.25) is 0 Å². The van der Waals surface area contributed by atoms with E-state index in [1.165, 1.54) is 22.0 Å².